The largest absolute Gasteiger partial charge is 0.494 e. The van der Waals surface area contributed by atoms with Crippen LogP contribution in [0.1, 0.15) is 49.9 Å². The Morgan fingerprint density at radius 1 is 1.06 bits per heavy atom. The van der Waals surface area contributed by atoms with E-state index in [1.54, 1.807) is 24.3 Å². The van der Waals surface area contributed by atoms with Crippen molar-refractivity contribution in [3.63, 3.8) is 0 Å². The first-order valence-corrected chi connectivity index (χ1v) is 11.2. The van der Waals surface area contributed by atoms with Crippen LogP contribution in [-0.4, -0.2) is 43.0 Å². The summed E-state index contributed by atoms with van der Waals surface area (Å²) in [4.78, 5) is 27.1. The molecule has 0 aromatic heterocycles. The van der Waals surface area contributed by atoms with E-state index in [9.17, 15) is 9.59 Å². The van der Waals surface area contributed by atoms with Gasteiger partial charge in [0.1, 0.15) is 5.75 Å². The molecule has 3 rings (SSSR count). The third kappa shape index (κ3) is 7.02. The van der Waals surface area contributed by atoms with Crippen LogP contribution in [0.3, 0.4) is 0 Å². The fraction of sp³-hybridized carbons (Fsp3) is 0.440. The number of carbonyl (C=O) groups excluding carboxylic acids is 2. The lowest BCUT2D eigenvalue weighted by molar-refractivity contribution is -0.114. The summed E-state index contributed by atoms with van der Waals surface area (Å²) in [5, 5.41) is 5.99. The average molecular weight is 424 g/mol. The van der Waals surface area contributed by atoms with Gasteiger partial charge in [-0.25, -0.2) is 0 Å². The van der Waals surface area contributed by atoms with Crippen LogP contribution in [-0.2, 0) is 4.79 Å². The molecule has 0 atom stereocenters. The molecule has 1 fully saturated rings. The Bertz CT molecular complexity index is 876. The zero-order valence-electron chi connectivity index (χ0n) is 18.5. The summed E-state index contributed by atoms with van der Waals surface area (Å²) in [5.74, 6) is 1.32. The number of benzene rings is 2. The summed E-state index contributed by atoms with van der Waals surface area (Å²) < 4.78 is 5.70. The highest BCUT2D eigenvalue weighted by molar-refractivity contribution is 5.98. The van der Waals surface area contributed by atoms with Crippen molar-refractivity contribution >= 4 is 23.2 Å². The van der Waals surface area contributed by atoms with Gasteiger partial charge in [0, 0.05) is 36.1 Å². The fourth-order valence-corrected chi connectivity index (χ4v) is 3.54. The molecule has 2 aromatic carbocycles. The number of piperidine rings is 1. The molecular formula is C25H33N3O3. The first-order chi connectivity index (χ1) is 15.0. The Morgan fingerprint density at radius 3 is 2.58 bits per heavy atom. The monoisotopic (exact) mass is 423 g/mol. The van der Waals surface area contributed by atoms with E-state index >= 15 is 0 Å². The van der Waals surface area contributed by atoms with Crippen LogP contribution < -0.4 is 15.4 Å². The highest BCUT2D eigenvalue weighted by Gasteiger charge is 2.21. The van der Waals surface area contributed by atoms with E-state index in [2.05, 4.69) is 24.5 Å². The van der Waals surface area contributed by atoms with Crippen molar-refractivity contribution in [2.24, 2.45) is 5.92 Å². The summed E-state index contributed by atoms with van der Waals surface area (Å²) in [7, 11) is 0. The molecule has 0 saturated carbocycles. The molecular weight excluding hydrogens is 390 g/mol. The van der Waals surface area contributed by atoms with Crippen molar-refractivity contribution in [3.8, 4) is 5.75 Å². The van der Waals surface area contributed by atoms with E-state index in [0.717, 1.165) is 50.2 Å². The predicted molar refractivity (Wildman–Crippen MR) is 125 cm³/mol. The molecule has 0 aliphatic carbocycles. The smallest absolute Gasteiger partial charge is 0.253 e. The van der Waals surface area contributed by atoms with E-state index in [0.29, 0.717) is 23.8 Å². The normalized spacial score (nSPS) is 14.2. The first-order valence-electron chi connectivity index (χ1n) is 11.2. The lowest BCUT2D eigenvalue weighted by atomic mass is 9.98. The topological polar surface area (TPSA) is 70.7 Å². The van der Waals surface area contributed by atoms with Crippen LogP contribution in [0, 0.1) is 5.92 Å². The van der Waals surface area contributed by atoms with Gasteiger partial charge in [0.25, 0.3) is 5.91 Å². The van der Waals surface area contributed by atoms with E-state index in [-0.39, 0.29) is 18.4 Å². The van der Waals surface area contributed by atoms with Crippen LogP contribution in [0.15, 0.2) is 48.5 Å². The second-order valence-electron chi connectivity index (χ2n) is 8.19. The summed E-state index contributed by atoms with van der Waals surface area (Å²) in [6.07, 6.45) is 4.18. The van der Waals surface area contributed by atoms with Crippen LogP contribution in [0.4, 0.5) is 11.4 Å². The Hall–Kier alpha value is -3.02. The Kier molecular flexibility index (Phi) is 8.33. The van der Waals surface area contributed by atoms with Crippen molar-refractivity contribution in [1.82, 2.24) is 4.90 Å². The third-order valence-electron chi connectivity index (χ3n) is 5.52. The number of anilines is 2. The first kappa shape index (κ1) is 22.7. The standard InChI is InChI=1S/C25H33N3O3/c1-3-4-15-31-23-10-6-8-21(17-23)26-18-24(29)27-22-9-5-7-20(16-22)25(30)28-13-11-19(2)12-14-28/h5-10,16-17,19,26H,3-4,11-15,18H2,1-2H3,(H,27,29). The molecule has 1 aliphatic rings. The van der Waals surface area contributed by atoms with E-state index in [1.807, 2.05) is 29.2 Å². The number of carbonyl (C=O) groups is 2. The van der Waals surface area contributed by atoms with Gasteiger partial charge in [-0.3, -0.25) is 9.59 Å². The summed E-state index contributed by atoms with van der Waals surface area (Å²) >= 11 is 0. The van der Waals surface area contributed by atoms with Gasteiger partial charge in [-0.05, 0) is 55.5 Å². The molecule has 31 heavy (non-hydrogen) atoms. The maximum absolute atomic E-state index is 12.8. The summed E-state index contributed by atoms with van der Waals surface area (Å²) in [6, 6.07) is 14.8. The van der Waals surface area contributed by atoms with Gasteiger partial charge in [-0.15, -0.1) is 0 Å². The molecule has 2 N–H and O–H groups in total. The lowest BCUT2D eigenvalue weighted by Gasteiger charge is -2.30. The van der Waals surface area contributed by atoms with Crippen molar-refractivity contribution < 1.29 is 14.3 Å². The maximum atomic E-state index is 12.8. The van der Waals surface area contributed by atoms with Gasteiger partial charge < -0.3 is 20.3 Å². The molecule has 2 aromatic rings. The Balaban J connectivity index is 1.51. The maximum Gasteiger partial charge on any atom is 0.253 e. The average Bonchev–Trinajstić information content (AvgIpc) is 2.78. The lowest BCUT2D eigenvalue weighted by Crippen LogP contribution is -2.37. The highest BCUT2D eigenvalue weighted by Crippen LogP contribution is 2.20. The number of hydrogen-bond donors (Lipinski definition) is 2. The quantitative estimate of drug-likeness (QED) is 0.569. The van der Waals surface area contributed by atoms with E-state index < -0.39 is 0 Å². The van der Waals surface area contributed by atoms with E-state index in [4.69, 9.17) is 4.74 Å². The zero-order valence-corrected chi connectivity index (χ0v) is 18.5. The van der Waals surface area contributed by atoms with Crippen LogP contribution in [0.5, 0.6) is 5.75 Å². The van der Waals surface area contributed by atoms with Gasteiger partial charge in [0.2, 0.25) is 5.91 Å². The number of rotatable bonds is 9. The number of ether oxygens (including phenoxy) is 1. The molecule has 1 saturated heterocycles. The van der Waals surface area contributed by atoms with Gasteiger partial charge in [-0.2, -0.15) is 0 Å². The molecule has 1 heterocycles. The third-order valence-corrected chi connectivity index (χ3v) is 5.52. The van der Waals surface area contributed by atoms with E-state index in [1.165, 1.54) is 0 Å². The second kappa shape index (κ2) is 11.4. The number of hydrogen-bond acceptors (Lipinski definition) is 4. The predicted octanol–water partition coefficient (Wildman–Crippen LogP) is 4.79. The zero-order chi connectivity index (χ0) is 22.1. The second-order valence-corrected chi connectivity index (χ2v) is 8.19. The van der Waals surface area contributed by atoms with Crippen molar-refractivity contribution in [2.75, 3.05) is 36.9 Å². The summed E-state index contributed by atoms with van der Waals surface area (Å²) in [5.41, 5.74) is 2.06. The van der Waals surface area contributed by atoms with Crippen LogP contribution in [0.2, 0.25) is 0 Å². The molecule has 0 bridgehead atoms. The minimum absolute atomic E-state index is 0.0287. The van der Waals surface area contributed by atoms with Crippen molar-refractivity contribution in [3.05, 3.63) is 54.1 Å². The van der Waals surface area contributed by atoms with Gasteiger partial charge in [0.15, 0.2) is 0 Å². The molecule has 166 valence electrons. The number of amides is 2. The molecule has 2 amide bonds. The van der Waals surface area contributed by atoms with Gasteiger partial charge >= 0.3 is 0 Å². The fourth-order valence-electron chi connectivity index (χ4n) is 3.54. The molecule has 0 spiro atoms. The Labute approximate surface area is 185 Å². The number of nitrogens with one attached hydrogen (secondary N) is 2. The molecule has 0 unspecified atom stereocenters. The molecule has 0 radical (unpaired) electrons. The minimum atomic E-state index is -0.172. The van der Waals surface area contributed by atoms with Crippen LogP contribution >= 0.6 is 0 Å². The van der Waals surface area contributed by atoms with Crippen LogP contribution in [0.25, 0.3) is 0 Å². The molecule has 1 aliphatic heterocycles. The SMILES string of the molecule is CCCCOc1cccc(NCC(=O)Nc2cccc(C(=O)N3CCC(C)CC3)c2)c1. The van der Waals surface area contributed by atoms with Gasteiger partial charge in [0.05, 0.1) is 13.2 Å². The number of nitrogens with zero attached hydrogens (tertiary/aromatic N) is 1. The Morgan fingerprint density at radius 2 is 1.81 bits per heavy atom. The van der Waals surface area contributed by atoms with Crippen molar-refractivity contribution in [1.29, 1.82) is 0 Å². The molecule has 6 heteroatoms. The summed E-state index contributed by atoms with van der Waals surface area (Å²) in [6.45, 7) is 6.75. The highest BCUT2D eigenvalue weighted by atomic mass is 16.5. The van der Waals surface area contributed by atoms with Crippen molar-refractivity contribution in [2.45, 2.75) is 39.5 Å². The number of unbranched alkanes of at least 4 members (excludes halogenated alkanes) is 1. The minimum Gasteiger partial charge on any atom is -0.494 e. The number of likely N-dealkylation sites (tertiary alicyclic amines) is 1. The van der Waals surface area contributed by atoms with Gasteiger partial charge in [-0.1, -0.05) is 32.4 Å². The molecule has 6 nitrogen and oxygen atoms in total.